The lowest BCUT2D eigenvalue weighted by molar-refractivity contribution is 0.215. The molecule has 1 fully saturated rings. The number of guanidine groups is 1. The Morgan fingerprint density at radius 2 is 2.08 bits per heavy atom. The zero-order valence-electron chi connectivity index (χ0n) is 15.3. The minimum absolute atomic E-state index is 0. The van der Waals surface area contributed by atoms with Crippen molar-refractivity contribution in [3.05, 3.63) is 12.2 Å². The fraction of sp³-hybridized carbons (Fsp3) is 0.812. The molecule has 1 aliphatic rings. The van der Waals surface area contributed by atoms with E-state index >= 15 is 0 Å². The Kier molecular flexibility index (Phi) is 9.57. The fourth-order valence-electron chi connectivity index (χ4n) is 2.83. The second kappa shape index (κ2) is 10.9. The Bertz CT molecular complexity index is 494. The molecule has 0 amide bonds. The van der Waals surface area contributed by atoms with E-state index in [0.717, 1.165) is 50.4 Å². The molecule has 1 aromatic rings. The molecular weight excluding hydrogens is 417 g/mol. The van der Waals surface area contributed by atoms with E-state index in [1.807, 2.05) is 7.05 Å². The minimum Gasteiger partial charge on any atom is -0.355 e. The molecule has 0 aromatic carbocycles. The van der Waals surface area contributed by atoms with Gasteiger partial charge in [0.1, 0.15) is 12.2 Å². The van der Waals surface area contributed by atoms with Crippen LogP contribution in [0.15, 0.2) is 11.3 Å². The standard InChI is InChI=1S/C16H31N7.HI/c1-5-15-21-20-12-22(15)10-8-18-16(17-4)19-9-11-23(13(2)3)14-6-7-14;/h12-14H,5-11H2,1-4H3,(H2,17,18,19);1H. The number of nitrogens with one attached hydrogen (secondary N) is 2. The molecule has 8 heteroatoms. The Labute approximate surface area is 162 Å². The van der Waals surface area contributed by atoms with Crippen molar-refractivity contribution in [1.82, 2.24) is 30.3 Å². The highest BCUT2D eigenvalue weighted by molar-refractivity contribution is 14.0. The van der Waals surface area contributed by atoms with Crippen LogP contribution in [0.5, 0.6) is 0 Å². The molecule has 0 radical (unpaired) electrons. The second-order valence-electron chi connectivity index (χ2n) is 6.28. The zero-order chi connectivity index (χ0) is 16.7. The SMILES string of the molecule is CCc1nncn1CCNC(=NC)NCCN(C(C)C)C1CC1.I. The fourth-order valence-corrected chi connectivity index (χ4v) is 2.83. The zero-order valence-corrected chi connectivity index (χ0v) is 17.7. The van der Waals surface area contributed by atoms with Crippen molar-refractivity contribution in [3.8, 4) is 0 Å². The van der Waals surface area contributed by atoms with Gasteiger partial charge in [0.15, 0.2) is 5.96 Å². The molecule has 0 saturated heterocycles. The largest absolute Gasteiger partial charge is 0.355 e. The quantitative estimate of drug-likeness (QED) is 0.340. The highest BCUT2D eigenvalue weighted by atomic mass is 127. The third kappa shape index (κ3) is 6.54. The lowest BCUT2D eigenvalue weighted by atomic mass is 10.3. The van der Waals surface area contributed by atoms with Gasteiger partial charge in [0, 0.05) is 51.7 Å². The number of nitrogens with zero attached hydrogens (tertiary/aromatic N) is 5. The van der Waals surface area contributed by atoms with Crippen LogP contribution >= 0.6 is 24.0 Å². The van der Waals surface area contributed by atoms with Gasteiger partial charge in [0.25, 0.3) is 0 Å². The molecule has 0 aliphatic heterocycles. The highest BCUT2D eigenvalue weighted by Gasteiger charge is 2.30. The van der Waals surface area contributed by atoms with Crippen LogP contribution in [0.3, 0.4) is 0 Å². The summed E-state index contributed by atoms with van der Waals surface area (Å²) in [5, 5.41) is 14.8. The van der Waals surface area contributed by atoms with Crippen LogP contribution in [0, 0.1) is 0 Å². The minimum atomic E-state index is 0. The van der Waals surface area contributed by atoms with Gasteiger partial charge in [0.2, 0.25) is 0 Å². The van der Waals surface area contributed by atoms with Crippen molar-refractivity contribution in [3.63, 3.8) is 0 Å². The number of aryl methyl sites for hydroxylation is 1. The average molecular weight is 449 g/mol. The van der Waals surface area contributed by atoms with E-state index in [0.29, 0.717) is 6.04 Å². The number of hydrogen-bond donors (Lipinski definition) is 2. The van der Waals surface area contributed by atoms with Gasteiger partial charge in [-0.05, 0) is 26.7 Å². The van der Waals surface area contributed by atoms with Crippen LogP contribution in [-0.4, -0.2) is 64.4 Å². The number of halogens is 1. The van der Waals surface area contributed by atoms with Gasteiger partial charge in [-0.3, -0.25) is 9.89 Å². The summed E-state index contributed by atoms with van der Waals surface area (Å²) < 4.78 is 2.08. The van der Waals surface area contributed by atoms with Crippen LogP contribution in [0.1, 0.15) is 39.4 Å². The molecule has 24 heavy (non-hydrogen) atoms. The summed E-state index contributed by atoms with van der Waals surface area (Å²) in [5.41, 5.74) is 0. The molecular formula is C16H32IN7. The number of aliphatic imine (C=N–C) groups is 1. The first-order valence-corrected chi connectivity index (χ1v) is 8.72. The van der Waals surface area contributed by atoms with Crippen LogP contribution in [0.2, 0.25) is 0 Å². The molecule has 2 rings (SSSR count). The van der Waals surface area contributed by atoms with E-state index in [-0.39, 0.29) is 24.0 Å². The molecule has 0 spiro atoms. The maximum atomic E-state index is 4.29. The van der Waals surface area contributed by atoms with Crippen molar-refractivity contribution in [2.45, 2.75) is 58.7 Å². The third-order valence-corrected chi connectivity index (χ3v) is 4.22. The second-order valence-corrected chi connectivity index (χ2v) is 6.28. The summed E-state index contributed by atoms with van der Waals surface area (Å²) >= 11 is 0. The molecule has 1 aromatic heterocycles. The molecule has 1 aliphatic carbocycles. The van der Waals surface area contributed by atoms with Crippen LogP contribution in [-0.2, 0) is 13.0 Å². The Hall–Kier alpha value is -0.900. The normalized spacial score (nSPS) is 14.8. The predicted octanol–water partition coefficient (Wildman–Crippen LogP) is 1.50. The van der Waals surface area contributed by atoms with E-state index in [1.165, 1.54) is 12.8 Å². The molecule has 138 valence electrons. The van der Waals surface area contributed by atoms with E-state index in [1.54, 1.807) is 6.33 Å². The lowest BCUT2D eigenvalue weighted by Crippen LogP contribution is -2.44. The number of rotatable bonds is 9. The molecule has 2 N–H and O–H groups in total. The van der Waals surface area contributed by atoms with Gasteiger partial charge in [-0.25, -0.2) is 0 Å². The summed E-state index contributed by atoms with van der Waals surface area (Å²) in [6.45, 7) is 10.3. The van der Waals surface area contributed by atoms with E-state index in [4.69, 9.17) is 0 Å². The monoisotopic (exact) mass is 449 g/mol. The van der Waals surface area contributed by atoms with E-state index in [9.17, 15) is 0 Å². The van der Waals surface area contributed by atoms with Gasteiger partial charge < -0.3 is 15.2 Å². The summed E-state index contributed by atoms with van der Waals surface area (Å²) in [7, 11) is 1.81. The Morgan fingerprint density at radius 1 is 1.38 bits per heavy atom. The summed E-state index contributed by atoms with van der Waals surface area (Å²) in [5.74, 6) is 1.88. The highest BCUT2D eigenvalue weighted by Crippen LogP contribution is 2.27. The smallest absolute Gasteiger partial charge is 0.191 e. The summed E-state index contributed by atoms with van der Waals surface area (Å²) in [4.78, 5) is 6.86. The predicted molar refractivity (Wildman–Crippen MR) is 109 cm³/mol. The van der Waals surface area contributed by atoms with Gasteiger partial charge in [0.05, 0.1) is 0 Å². The van der Waals surface area contributed by atoms with Gasteiger partial charge in [-0.15, -0.1) is 34.2 Å². The summed E-state index contributed by atoms with van der Waals surface area (Å²) in [6.07, 6.45) is 5.39. The first-order valence-electron chi connectivity index (χ1n) is 8.72. The number of hydrogen-bond acceptors (Lipinski definition) is 4. The maximum absolute atomic E-state index is 4.29. The van der Waals surface area contributed by atoms with Gasteiger partial charge in [-0.2, -0.15) is 0 Å². The Morgan fingerprint density at radius 3 is 2.67 bits per heavy atom. The first kappa shape index (κ1) is 21.1. The van der Waals surface area contributed by atoms with Gasteiger partial charge in [-0.1, -0.05) is 6.92 Å². The molecule has 0 unspecified atom stereocenters. The Balaban J connectivity index is 0.00000288. The van der Waals surface area contributed by atoms with Crippen molar-refractivity contribution in [1.29, 1.82) is 0 Å². The molecule has 7 nitrogen and oxygen atoms in total. The van der Waals surface area contributed by atoms with Crippen molar-refractivity contribution in [2.24, 2.45) is 4.99 Å². The van der Waals surface area contributed by atoms with Crippen LogP contribution in [0.25, 0.3) is 0 Å². The average Bonchev–Trinajstić information content (AvgIpc) is 3.27. The van der Waals surface area contributed by atoms with Crippen LogP contribution < -0.4 is 10.6 Å². The first-order chi connectivity index (χ1) is 11.2. The molecule has 1 saturated carbocycles. The topological polar surface area (TPSA) is 70.4 Å². The van der Waals surface area contributed by atoms with E-state index in [2.05, 4.69) is 56.1 Å². The van der Waals surface area contributed by atoms with Crippen molar-refractivity contribution >= 4 is 29.9 Å². The molecule has 0 atom stereocenters. The van der Waals surface area contributed by atoms with Crippen LogP contribution in [0.4, 0.5) is 0 Å². The summed E-state index contributed by atoms with van der Waals surface area (Å²) in [6, 6.07) is 1.41. The molecule has 0 bridgehead atoms. The van der Waals surface area contributed by atoms with Crippen molar-refractivity contribution in [2.75, 3.05) is 26.7 Å². The third-order valence-electron chi connectivity index (χ3n) is 4.22. The molecule has 1 heterocycles. The van der Waals surface area contributed by atoms with E-state index < -0.39 is 0 Å². The van der Waals surface area contributed by atoms with Gasteiger partial charge >= 0.3 is 0 Å². The van der Waals surface area contributed by atoms with Crippen molar-refractivity contribution < 1.29 is 0 Å². The maximum Gasteiger partial charge on any atom is 0.191 e. The lowest BCUT2D eigenvalue weighted by Gasteiger charge is -2.26. The number of aromatic nitrogens is 3.